The molecule has 1 aromatic carbocycles. The summed E-state index contributed by atoms with van der Waals surface area (Å²) in [6, 6.07) is 7.57. The summed E-state index contributed by atoms with van der Waals surface area (Å²) in [7, 11) is 0. The van der Waals surface area contributed by atoms with Gasteiger partial charge in [-0.25, -0.2) is 4.79 Å². The first-order valence-electron chi connectivity index (χ1n) is 4.90. The lowest BCUT2D eigenvalue weighted by Crippen LogP contribution is -1.99. The van der Waals surface area contributed by atoms with Crippen molar-refractivity contribution in [1.82, 2.24) is 0 Å². The fraction of sp³-hybridized carbons (Fsp3) is 0.250. The van der Waals surface area contributed by atoms with Gasteiger partial charge in [0.25, 0.3) is 0 Å². The summed E-state index contributed by atoms with van der Waals surface area (Å²) >= 11 is 0. The highest BCUT2D eigenvalue weighted by molar-refractivity contribution is 5.92. The van der Waals surface area contributed by atoms with Crippen LogP contribution in [-0.4, -0.2) is 11.1 Å². The van der Waals surface area contributed by atoms with E-state index in [2.05, 4.69) is 0 Å². The molecule has 0 atom stereocenters. The smallest absolute Gasteiger partial charge is 0.331 e. The molecule has 0 bridgehead atoms. The Morgan fingerprint density at radius 2 is 2.19 bits per heavy atom. The molecular formula is C12H16ClNO2. The van der Waals surface area contributed by atoms with E-state index in [-0.39, 0.29) is 12.4 Å². The Morgan fingerprint density at radius 1 is 1.50 bits per heavy atom. The zero-order valence-corrected chi connectivity index (χ0v) is 9.96. The molecule has 0 radical (unpaired) electrons. The van der Waals surface area contributed by atoms with Gasteiger partial charge >= 0.3 is 5.97 Å². The summed E-state index contributed by atoms with van der Waals surface area (Å²) < 4.78 is 0. The Kier molecular flexibility index (Phi) is 6.46. The van der Waals surface area contributed by atoms with Crippen molar-refractivity contribution in [3.8, 4) is 0 Å². The highest BCUT2D eigenvalue weighted by Gasteiger charge is 2.03. The minimum Gasteiger partial charge on any atom is -0.478 e. The number of hydrogen-bond donors (Lipinski definition) is 2. The molecule has 88 valence electrons. The van der Waals surface area contributed by atoms with Crippen molar-refractivity contribution in [2.45, 2.75) is 19.9 Å². The zero-order valence-electron chi connectivity index (χ0n) is 9.14. The van der Waals surface area contributed by atoms with Gasteiger partial charge < -0.3 is 10.8 Å². The van der Waals surface area contributed by atoms with Crippen molar-refractivity contribution in [3.05, 3.63) is 41.0 Å². The lowest BCUT2D eigenvalue weighted by atomic mass is 10.1. The number of hydrogen-bond acceptors (Lipinski definition) is 2. The van der Waals surface area contributed by atoms with Crippen molar-refractivity contribution in [2.75, 3.05) is 0 Å². The van der Waals surface area contributed by atoms with Crippen LogP contribution in [0.4, 0.5) is 0 Å². The summed E-state index contributed by atoms with van der Waals surface area (Å²) in [5.41, 5.74) is 7.80. The van der Waals surface area contributed by atoms with E-state index in [0.29, 0.717) is 18.5 Å². The molecule has 1 aromatic rings. The van der Waals surface area contributed by atoms with E-state index in [9.17, 15) is 4.79 Å². The summed E-state index contributed by atoms with van der Waals surface area (Å²) in [5, 5.41) is 8.87. The van der Waals surface area contributed by atoms with Crippen molar-refractivity contribution < 1.29 is 9.90 Å². The molecular weight excluding hydrogens is 226 g/mol. The van der Waals surface area contributed by atoms with Crippen molar-refractivity contribution in [2.24, 2.45) is 5.73 Å². The molecule has 0 aromatic heterocycles. The standard InChI is InChI=1S/C12H15NO2.ClH/c1-2-11(12(14)15)7-9-4-3-5-10(6-9)8-13;/h3-7H,2,8,13H2,1H3,(H,14,15);1H. The normalized spacial score (nSPS) is 10.8. The van der Waals surface area contributed by atoms with E-state index in [1.165, 1.54) is 0 Å². The highest BCUT2D eigenvalue weighted by atomic mass is 35.5. The fourth-order valence-corrected chi connectivity index (χ4v) is 1.33. The molecule has 3 nitrogen and oxygen atoms in total. The SMILES string of the molecule is CCC(=Cc1cccc(CN)c1)C(=O)O.Cl. The number of carboxylic acids is 1. The Morgan fingerprint density at radius 3 is 2.69 bits per heavy atom. The average Bonchev–Trinajstić information content (AvgIpc) is 2.25. The molecule has 0 fully saturated rings. The molecule has 0 unspecified atom stereocenters. The molecule has 1 rings (SSSR count). The number of halogens is 1. The van der Waals surface area contributed by atoms with Crippen LogP contribution in [0.25, 0.3) is 6.08 Å². The van der Waals surface area contributed by atoms with Gasteiger partial charge in [-0.05, 0) is 23.6 Å². The minimum atomic E-state index is -0.865. The molecule has 0 aliphatic rings. The Balaban J connectivity index is 0.00000225. The zero-order chi connectivity index (χ0) is 11.3. The third-order valence-corrected chi connectivity index (χ3v) is 2.18. The van der Waals surface area contributed by atoms with Crippen LogP contribution in [0.5, 0.6) is 0 Å². The summed E-state index contributed by atoms with van der Waals surface area (Å²) in [5.74, 6) is -0.865. The summed E-state index contributed by atoms with van der Waals surface area (Å²) in [4.78, 5) is 10.8. The molecule has 4 heteroatoms. The molecule has 16 heavy (non-hydrogen) atoms. The topological polar surface area (TPSA) is 63.3 Å². The van der Waals surface area contributed by atoms with Crippen LogP contribution in [-0.2, 0) is 11.3 Å². The van der Waals surface area contributed by atoms with E-state index in [0.717, 1.165) is 11.1 Å². The van der Waals surface area contributed by atoms with Crippen molar-refractivity contribution >= 4 is 24.5 Å². The molecule has 0 saturated heterocycles. The number of benzene rings is 1. The van der Waals surface area contributed by atoms with Crippen LogP contribution in [0.2, 0.25) is 0 Å². The van der Waals surface area contributed by atoms with Crippen LogP contribution in [0.3, 0.4) is 0 Å². The van der Waals surface area contributed by atoms with Gasteiger partial charge in [-0.1, -0.05) is 31.2 Å². The second-order valence-electron chi connectivity index (χ2n) is 3.28. The first-order valence-corrected chi connectivity index (χ1v) is 4.90. The molecule has 3 N–H and O–H groups in total. The Bertz CT molecular complexity index is 388. The third kappa shape index (κ3) is 4.04. The first-order chi connectivity index (χ1) is 7.17. The number of carbonyl (C=O) groups is 1. The van der Waals surface area contributed by atoms with E-state index in [1.54, 1.807) is 6.08 Å². The highest BCUT2D eigenvalue weighted by Crippen LogP contribution is 2.11. The maximum atomic E-state index is 10.8. The van der Waals surface area contributed by atoms with Gasteiger partial charge in [0.05, 0.1) is 0 Å². The van der Waals surface area contributed by atoms with Gasteiger partial charge in [0.2, 0.25) is 0 Å². The summed E-state index contributed by atoms with van der Waals surface area (Å²) in [6.07, 6.45) is 2.20. The number of carboxylic acid groups (broad SMARTS) is 1. The number of nitrogens with two attached hydrogens (primary N) is 1. The van der Waals surface area contributed by atoms with Crippen LogP contribution in [0.15, 0.2) is 29.8 Å². The molecule has 0 amide bonds. The van der Waals surface area contributed by atoms with Crippen LogP contribution < -0.4 is 5.73 Å². The number of aliphatic carboxylic acids is 1. The van der Waals surface area contributed by atoms with E-state index < -0.39 is 5.97 Å². The monoisotopic (exact) mass is 241 g/mol. The molecule has 0 spiro atoms. The first kappa shape index (κ1) is 14.7. The van der Waals surface area contributed by atoms with Crippen LogP contribution in [0, 0.1) is 0 Å². The van der Waals surface area contributed by atoms with Crippen molar-refractivity contribution in [3.63, 3.8) is 0 Å². The van der Waals surface area contributed by atoms with Gasteiger partial charge in [-0.3, -0.25) is 0 Å². The minimum absolute atomic E-state index is 0. The predicted octanol–water partition coefficient (Wildman–Crippen LogP) is 2.45. The summed E-state index contributed by atoms with van der Waals surface area (Å²) in [6.45, 7) is 2.29. The molecule has 0 saturated carbocycles. The van der Waals surface area contributed by atoms with Gasteiger partial charge in [0, 0.05) is 12.1 Å². The third-order valence-electron chi connectivity index (χ3n) is 2.18. The average molecular weight is 242 g/mol. The quantitative estimate of drug-likeness (QED) is 0.796. The maximum absolute atomic E-state index is 10.8. The van der Waals surface area contributed by atoms with Gasteiger partial charge in [-0.2, -0.15) is 0 Å². The van der Waals surface area contributed by atoms with Gasteiger partial charge in [0.1, 0.15) is 0 Å². The molecule has 0 aliphatic heterocycles. The largest absolute Gasteiger partial charge is 0.478 e. The van der Waals surface area contributed by atoms with E-state index >= 15 is 0 Å². The van der Waals surface area contributed by atoms with E-state index in [1.807, 2.05) is 31.2 Å². The van der Waals surface area contributed by atoms with Crippen LogP contribution >= 0.6 is 12.4 Å². The Hall–Kier alpha value is -1.32. The lowest BCUT2D eigenvalue weighted by Gasteiger charge is -2.01. The van der Waals surface area contributed by atoms with E-state index in [4.69, 9.17) is 10.8 Å². The lowest BCUT2D eigenvalue weighted by molar-refractivity contribution is -0.132. The molecule has 0 heterocycles. The van der Waals surface area contributed by atoms with Gasteiger partial charge in [-0.15, -0.1) is 12.4 Å². The second-order valence-corrected chi connectivity index (χ2v) is 3.28. The number of rotatable bonds is 4. The van der Waals surface area contributed by atoms with Crippen LogP contribution in [0.1, 0.15) is 24.5 Å². The maximum Gasteiger partial charge on any atom is 0.331 e. The van der Waals surface area contributed by atoms with Crippen molar-refractivity contribution in [1.29, 1.82) is 0 Å². The Labute approximate surface area is 101 Å². The predicted molar refractivity (Wildman–Crippen MR) is 67.5 cm³/mol. The second kappa shape index (κ2) is 7.04. The molecule has 0 aliphatic carbocycles. The van der Waals surface area contributed by atoms with Gasteiger partial charge in [0.15, 0.2) is 0 Å². The fourth-order valence-electron chi connectivity index (χ4n) is 1.33.